The van der Waals surface area contributed by atoms with Crippen LogP contribution in [0.1, 0.15) is 29.8 Å². The van der Waals surface area contributed by atoms with Crippen molar-refractivity contribution in [2.75, 3.05) is 18.6 Å². The summed E-state index contributed by atoms with van der Waals surface area (Å²) in [5, 5.41) is 2.72. The third-order valence-corrected chi connectivity index (χ3v) is 4.45. The number of benzene rings is 2. The lowest BCUT2D eigenvalue weighted by molar-refractivity contribution is -0.150. The van der Waals surface area contributed by atoms with Crippen LogP contribution in [-0.2, 0) is 14.3 Å². The van der Waals surface area contributed by atoms with E-state index in [1.165, 1.54) is 4.90 Å². The Morgan fingerprint density at radius 3 is 2.21 bits per heavy atom. The number of anilines is 1. The first-order chi connectivity index (χ1) is 13.3. The van der Waals surface area contributed by atoms with E-state index in [0.29, 0.717) is 11.3 Å². The SMILES string of the molecule is Cc1ccccc1C(=O)N[C@H](C(=O)OCC(=O)N(C)c1ccccc1)C(C)C. The fourth-order valence-corrected chi connectivity index (χ4v) is 2.66. The van der Waals surface area contributed by atoms with Crippen molar-refractivity contribution in [2.45, 2.75) is 26.8 Å². The Hall–Kier alpha value is -3.15. The lowest BCUT2D eigenvalue weighted by Gasteiger charge is -2.22. The first-order valence-corrected chi connectivity index (χ1v) is 9.16. The van der Waals surface area contributed by atoms with Crippen molar-refractivity contribution in [1.29, 1.82) is 0 Å². The van der Waals surface area contributed by atoms with E-state index in [0.717, 1.165) is 5.56 Å². The maximum atomic E-state index is 12.5. The molecule has 148 valence electrons. The zero-order valence-corrected chi connectivity index (χ0v) is 16.6. The van der Waals surface area contributed by atoms with E-state index in [4.69, 9.17) is 4.74 Å². The third kappa shape index (κ3) is 5.42. The monoisotopic (exact) mass is 382 g/mol. The van der Waals surface area contributed by atoms with Gasteiger partial charge in [0.1, 0.15) is 6.04 Å². The molecule has 0 radical (unpaired) electrons. The van der Waals surface area contributed by atoms with Crippen LogP contribution in [0.2, 0.25) is 0 Å². The van der Waals surface area contributed by atoms with E-state index < -0.39 is 18.6 Å². The first-order valence-electron chi connectivity index (χ1n) is 9.16. The van der Waals surface area contributed by atoms with Gasteiger partial charge >= 0.3 is 5.97 Å². The summed E-state index contributed by atoms with van der Waals surface area (Å²) >= 11 is 0. The van der Waals surface area contributed by atoms with Crippen LogP contribution in [0.4, 0.5) is 5.69 Å². The number of aryl methyl sites for hydroxylation is 1. The highest BCUT2D eigenvalue weighted by molar-refractivity contribution is 5.98. The number of likely N-dealkylation sites (N-methyl/N-ethyl adjacent to an activating group) is 1. The van der Waals surface area contributed by atoms with Gasteiger partial charge in [-0.1, -0.05) is 50.2 Å². The summed E-state index contributed by atoms with van der Waals surface area (Å²) < 4.78 is 5.19. The minimum atomic E-state index is -0.845. The second-order valence-electron chi connectivity index (χ2n) is 6.91. The van der Waals surface area contributed by atoms with E-state index in [9.17, 15) is 14.4 Å². The molecule has 0 aliphatic rings. The smallest absolute Gasteiger partial charge is 0.329 e. The van der Waals surface area contributed by atoms with Gasteiger partial charge in [-0.05, 0) is 36.6 Å². The summed E-state index contributed by atoms with van der Waals surface area (Å²) in [5.74, 6) is -1.53. The molecule has 2 amide bonds. The lowest BCUT2D eigenvalue weighted by atomic mass is 10.0. The molecule has 1 atom stereocenters. The first kappa shape index (κ1) is 21.2. The van der Waals surface area contributed by atoms with Crippen LogP contribution in [-0.4, -0.2) is 37.5 Å². The van der Waals surface area contributed by atoms with Crippen molar-refractivity contribution in [2.24, 2.45) is 5.92 Å². The van der Waals surface area contributed by atoms with Crippen molar-refractivity contribution < 1.29 is 19.1 Å². The van der Waals surface area contributed by atoms with Gasteiger partial charge in [-0.2, -0.15) is 0 Å². The average molecular weight is 382 g/mol. The second kappa shape index (κ2) is 9.69. The quantitative estimate of drug-likeness (QED) is 0.747. The Labute approximate surface area is 165 Å². The summed E-state index contributed by atoms with van der Waals surface area (Å²) in [6.45, 7) is 5.05. The van der Waals surface area contributed by atoms with Crippen LogP contribution in [0.5, 0.6) is 0 Å². The summed E-state index contributed by atoms with van der Waals surface area (Å²) in [7, 11) is 1.62. The molecule has 0 heterocycles. The summed E-state index contributed by atoms with van der Waals surface area (Å²) in [5.41, 5.74) is 2.02. The summed E-state index contributed by atoms with van der Waals surface area (Å²) in [6.07, 6.45) is 0. The number of nitrogens with zero attached hydrogens (tertiary/aromatic N) is 1. The van der Waals surface area contributed by atoms with Gasteiger partial charge in [-0.15, -0.1) is 0 Å². The Balaban J connectivity index is 1.98. The normalized spacial score (nSPS) is 11.6. The number of rotatable bonds is 7. The molecule has 2 aromatic carbocycles. The topological polar surface area (TPSA) is 75.7 Å². The van der Waals surface area contributed by atoms with E-state index >= 15 is 0 Å². The zero-order chi connectivity index (χ0) is 20.7. The Kier molecular flexibility index (Phi) is 7.32. The van der Waals surface area contributed by atoms with Gasteiger partial charge in [0.05, 0.1) is 0 Å². The Morgan fingerprint density at radius 1 is 1.00 bits per heavy atom. The van der Waals surface area contributed by atoms with E-state index in [2.05, 4.69) is 5.32 Å². The minimum Gasteiger partial charge on any atom is -0.454 e. The molecule has 1 N–H and O–H groups in total. The molecule has 0 aliphatic carbocycles. The molecule has 0 unspecified atom stereocenters. The molecule has 6 nitrogen and oxygen atoms in total. The Bertz CT molecular complexity index is 833. The number of carbonyl (C=O) groups is 3. The van der Waals surface area contributed by atoms with E-state index in [1.807, 2.05) is 51.1 Å². The van der Waals surface area contributed by atoms with Gasteiger partial charge in [0.15, 0.2) is 6.61 Å². The average Bonchev–Trinajstić information content (AvgIpc) is 2.69. The number of nitrogens with one attached hydrogen (secondary N) is 1. The molecule has 0 saturated heterocycles. The number of esters is 1. The Morgan fingerprint density at radius 2 is 1.61 bits per heavy atom. The molecule has 6 heteroatoms. The maximum Gasteiger partial charge on any atom is 0.329 e. The van der Waals surface area contributed by atoms with E-state index in [1.54, 1.807) is 31.3 Å². The fraction of sp³-hybridized carbons (Fsp3) is 0.318. The van der Waals surface area contributed by atoms with Crippen LogP contribution in [0, 0.1) is 12.8 Å². The molecule has 2 rings (SSSR count). The van der Waals surface area contributed by atoms with Crippen molar-refractivity contribution >= 4 is 23.5 Å². The van der Waals surface area contributed by atoms with Crippen molar-refractivity contribution in [1.82, 2.24) is 5.32 Å². The van der Waals surface area contributed by atoms with Crippen molar-refractivity contribution in [3.8, 4) is 0 Å². The maximum absolute atomic E-state index is 12.5. The summed E-state index contributed by atoms with van der Waals surface area (Å²) in [4.78, 5) is 38.7. The predicted octanol–water partition coefficient (Wildman–Crippen LogP) is 2.96. The van der Waals surface area contributed by atoms with Gasteiger partial charge in [-0.3, -0.25) is 9.59 Å². The molecule has 28 heavy (non-hydrogen) atoms. The van der Waals surface area contributed by atoms with Gasteiger partial charge in [0.2, 0.25) is 0 Å². The van der Waals surface area contributed by atoms with Crippen LogP contribution >= 0.6 is 0 Å². The number of amides is 2. The van der Waals surface area contributed by atoms with Crippen LogP contribution in [0.25, 0.3) is 0 Å². The molecule has 0 saturated carbocycles. The number of ether oxygens (including phenoxy) is 1. The van der Waals surface area contributed by atoms with Crippen LogP contribution in [0.3, 0.4) is 0 Å². The molecule has 0 aliphatic heterocycles. The summed E-state index contributed by atoms with van der Waals surface area (Å²) in [6, 6.07) is 15.4. The number of carbonyl (C=O) groups excluding carboxylic acids is 3. The van der Waals surface area contributed by atoms with Gasteiger partial charge in [-0.25, -0.2) is 4.79 Å². The standard InChI is InChI=1S/C22H26N2O4/c1-15(2)20(23-21(26)18-13-9-8-10-16(18)3)22(27)28-14-19(25)24(4)17-11-6-5-7-12-17/h5-13,15,20H,14H2,1-4H3,(H,23,26)/t20-/m0/s1. The molecule has 0 bridgehead atoms. The highest BCUT2D eigenvalue weighted by Crippen LogP contribution is 2.12. The molecular weight excluding hydrogens is 356 g/mol. The zero-order valence-electron chi connectivity index (χ0n) is 16.6. The van der Waals surface area contributed by atoms with E-state index in [-0.39, 0.29) is 17.7 Å². The molecule has 0 spiro atoms. The van der Waals surface area contributed by atoms with Crippen LogP contribution in [0.15, 0.2) is 54.6 Å². The van der Waals surface area contributed by atoms with Crippen LogP contribution < -0.4 is 10.2 Å². The van der Waals surface area contributed by atoms with Gasteiger partial charge < -0.3 is 15.0 Å². The highest BCUT2D eigenvalue weighted by atomic mass is 16.5. The molecule has 0 fully saturated rings. The number of hydrogen-bond donors (Lipinski definition) is 1. The molecule has 0 aromatic heterocycles. The number of hydrogen-bond acceptors (Lipinski definition) is 4. The minimum absolute atomic E-state index is 0.192. The molecule has 2 aromatic rings. The lowest BCUT2D eigenvalue weighted by Crippen LogP contribution is -2.46. The second-order valence-corrected chi connectivity index (χ2v) is 6.91. The highest BCUT2D eigenvalue weighted by Gasteiger charge is 2.27. The van der Waals surface area contributed by atoms with Gasteiger partial charge in [0, 0.05) is 18.3 Å². The van der Waals surface area contributed by atoms with Gasteiger partial charge in [0.25, 0.3) is 11.8 Å². The predicted molar refractivity (Wildman–Crippen MR) is 108 cm³/mol. The third-order valence-electron chi connectivity index (χ3n) is 4.45. The fourth-order valence-electron chi connectivity index (χ4n) is 2.66. The van der Waals surface area contributed by atoms with Crippen molar-refractivity contribution in [3.05, 3.63) is 65.7 Å². The van der Waals surface area contributed by atoms with Crippen molar-refractivity contribution in [3.63, 3.8) is 0 Å². The number of para-hydroxylation sites is 1. The molecular formula is C22H26N2O4. The largest absolute Gasteiger partial charge is 0.454 e.